The number of ether oxygens (including phenoxy) is 1. The van der Waals surface area contributed by atoms with Crippen molar-refractivity contribution in [3.8, 4) is 5.75 Å². The molecule has 3 heteroatoms. The second kappa shape index (κ2) is 24.6. The maximum atomic E-state index is 12.6. The molecule has 0 amide bonds. The number of carbonyl (C=O) groups excluding carboxylic acids is 1. The van der Waals surface area contributed by atoms with Crippen LogP contribution in [0.15, 0.2) is 59.5 Å². The minimum absolute atomic E-state index is 0.0298. The summed E-state index contributed by atoms with van der Waals surface area (Å²) < 4.78 is 5.99. The Morgan fingerprint density at radius 1 is 0.659 bits per heavy atom. The zero-order chi connectivity index (χ0) is 29.2. The molecule has 0 saturated carbocycles. The Labute approximate surface area is 257 Å². The van der Waals surface area contributed by atoms with Crippen molar-refractivity contribution >= 4 is 23.6 Å². The van der Waals surface area contributed by atoms with Crippen LogP contribution in [0.3, 0.4) is 0 Å². The fourth-order valence-electron chi connectivity index (χ4n) is 5.11. The van der Waals surface area contributed by atoms with Crippen molar-refractivity contribution in [2.75, 3.05) is 12.4 Å². The van der Waals surface area contributed by atoms with Crippen molar-refractivity contribution in [3.05, 3.63) is 65.7 Å². The first-order valence-corrected chi connectivity index (χ1v) is 17.9. The lowest BCUT2D eigenvalue weighted by atomic mass is 10.0. The molecular weight excluding hydrogens is 520 g/mol. The van der Waals surface area contributed by atoms with Crippen molar-refractivity contribution < 1.29 is 9.53 Å². The standard InChI is InChI=1S/C38H58O2S/c1-3-5-6-7-8-9-10-11-12-13-14-15-16-17-18-19-20-21-31-40-36-24-22-23-34(33-36)25-30-38(39)35-26-28-37(29-27-35)41-32-4-2/h22-30,33H,3-21,31-32H2,1-2H3/b30-25+. The van der Waals surface area contributed by atoms with E-state index in [1.54, 1.807) is 6.08 Å². The molecule has 0 bridgehead atoms. The molecule has 2 aromatic carbocycles. The maximum Gasteiger partial charge on any atom is 0.185 e. The van der Waals surface area contributed by atoms with Gasteiger partial charge in [-0.1, -0.05) is 141 Å². The highest BCUT2D eigenvalue weighted by Gasteiger charge is 2.03. The molecule has 0 aliphatic rings. The molecule has 0 unspecified atom stereocenters. The summed E-state index contributed by atoms with van der Waals surface area (Å²) in [6, 6.07) is 15.9. The predicted molar refractivity (Wildman–Crippen MR) is 182 cm³/mol. The fourth-order valence-corrected chi connectivity index (χ4v) is 5.87. The number of hydrogen-bond donors (Lipinski definition) is 0. The number of allylic oxidation sites excluding steroid dienone is 1. The Kier molecular flexibility index (Phi) is 21.1. The highest BCUT2D eigenvalue weighted by atomic mass is 32.2. The lowest BCUT2D eigenvalue weighted by molar-refractivity contribution is 0.104. The van der Waals surface area contributed by atoms with Gasteiger partial charge in [-0.05, 0) is 66.6 Å². The zero-order valence-corrected chi connectivity index (χ0v) is 27.2. The van der Waals surface area contributed by atoms with Crippen LogP contribution >= 0.6 is 11.8 Å². The van der Waals surface area contributed by atoms with Crippen LogP contribution in [0.2, 0.25) is 0 Å². The Morgan fingerprint density at radius 2 is 1.20 bits per heavy atom. The third-order valence-corrected chi connectivity index (χ3v) is 8.88. The summed E-state index contributed by atoms with van der Waals surface area (Å²) >= 11 is 1.83. The number of unbranched alkanes of at least 4 members (excludes halogenated alkanes) is 17. The van der Waals surface area contributed by atoms with Crippen LogP contribution in [-0.4, -0.2) is 18.1 Å². The van der Waals surface area contributed by atoms with Crippen LogP contribution in [0.4, 0.5) is 0 Å². The monoisotopic (exact) mass is 578 g/mol. The minimum Gasteiger partial charge on any atom is -0.494 e. The van der Waals surface area contributed by atoms with Gasteiger partial charge in [0.25, 0.3) is 0 Å². The van der Waals surface area contributed by atoms with Crippen molar-refractivity contribution in [1.82, 2.24) is 0 Å². The van der Waals surface area contributed by atoms with Crippen molar-refractivity contribution in [3.63, 3.8) is 0 Å². The first kappa shape index (κ1) is 35.2. The highest BCUT2D eigenvalue weighted by Crippen LogP contribution is 2.20. The van der Waals surface area contributed by atoms with Crippen LogP contribution in [0, 0.1) is 0 Å². The molecule has 2 aromatic rings. The summed E-state index contributed by atoms with van der Waals surface area (Å²) in [7, 11) is 0. The van der Waals surface area contributed by atoms with Gasteiger partial charge in [0.2, 0.25) is 0 Å². The van der Waals surface area contributed by atoms with Gasteiger partial charge in [-0.2, -0.15) is 0 Å². The van der Waals surface area contributed by atoms with E-state index in [0.717, 1.165) is 42.1 Å². The number of hydrogen-bond acceptors (Lipinski definition) is 3. The summed E-state index contributed by atoms with van der Waals surface area (Å²) in [5, 5.41) is 0. The minimum atomic E-state index is 0.0298. The first-order chi connectivity index (χ1) is 20.2. The molecule has 0 aliphatic heterocycles. The molecule has 0 heterocycles. The predicted octanol–water partition coefficient (Wildman–Crippen LogP) is 12.5. The number of thioether (sulfide) groups is 1. The van der Waals surface area contributed by atoms with E-state index < -0.39 is 0 Å². The normalized spacial score (nSPS) is 11.4. The molecule has 0 aromatic heterocycles. The molecule has 0 radical (unpaired) electrons. The molecule has 0 N–H and O–H groups in total. The quantitative estimate of drug-likeness (QED) is 0.0480. The van der Waals surface area contributed by atoms with Crippen molar-refractivity contribution in [1.29, 1.82) is 0 Å². The molecule has 228 valence electrons. The summed E-state index contributed by atoms with van der Waals surface area (Å²) in [5.74, 6) is 2.01. The van der Waals surface area contributed by atoms with Crippen LogP contribution in [0.25, 0.3) is 6.08 Å². The summed E-state index contributed by atoms with van der Waals surface area (Å²) in [6.45, 7) is 5.23. The second-order valence-electron chi connectivity index (χ2n) is 11.5. The number of carbonyl (C=O) groups is 1. The third kappa shape index (κ3) is 18.2. The number of ketones is 1. The van der Waals surface area contributed by atoms with E-state index >= 15 is 0 Å². The molecule has 2 nitrogen and oxygen atoms in total. The third-order valence-electron chi connectivity index (χ3n) is 7.66. The Morgan fingerprint density at radius 3 is 1.73 bits per heavy atom. The van der Waals surface area contributed by atoms with Gasteiger partial charge < -0.3 is 4.74 Å². The Bertz CT molecular complexity index is 934. The van der Waals surface area contributed by atoms with Gasteiger partial charge in [0.1, 0.15) is 5.75 Å². The van der Waals surface area contributed by atoms with Crippen molar-refractivity contribution in [2.24, 2.45) is 0 Å². The SMILES string of the molecule is CCCCCCCCCCCCCCCCCCCCOc1cccc(/C=C/C(=O)c2ccc(SCCC)cc2)c1. The van der Waals surface area contributed by atoms with E-state index in [2.05, 4.69) is 13.8 Å². The largest absolute Gasteiger partial charge is 0.494 e. The molecule has 0 saturated heterocycles. The second-order valence-corrected chi connectivity index (χ2v) is 12.7. The van der Waals surface area contributed by atoms with Crippen LogP contribution in [0.1, 0.15) is 152 Å². The lowest BCUT2D eigenvalue weighted by Crippen LogP contribution is -1.97. The van der Waals surface area contributed by atoms with Gasteiger partial charge in [0.15, 0.2) is 5.78 Å². The van der Waals surface area contributed by atoms with Crippen LogP contribution in [0.5, 0.6) is 5.75 Å². The van der Waals surface area contributed by atoms with Crippen LogP contribution < -0.4 is 4.74 Å². The molecule has 2 rings (SSSR count). The highest BCUT2D eigenvalue weighted by molar-refractivity contribution is 7.99. The Balaban J connectivity index is 1.45. The van der Waals surface area contributed by atoms with Gasteiger partial charge in [-0.25, -0.2) is 0 Å². The zero-order valence-electron chi connectivity index (χ0n) is 26.3. The van der Waals surface area contributed by atoms with E-state index in [-0.39, 0.29) is 5.78 Å². The van der Waals surface area contributed by atoms with E-state index in [0.29, 0.717) is 0 Å². The smallest absolute Gasteiger partial charge is 0.185 e. The van der Waals surface area contributed by atoms with Gasteiger partial charge in [-0.3, -0.25) is 4.79 Å². The van der Waals surface area contributed by atoms with Gasteiger partial charge in [0.05, 0.1) is 6.61 Å². The van der Waals surface area contributed by atoms with Crippen molar-refractivity contribution in [2.45, 2.75) is 141 Å². The maximum absolute atomic E-state index is 12.6. The van der Waals surface area contributed by atoms with E-state index in [1.165, 1.54) is 114 Å². The Hall–Kier alpha value is -2.00. The first-order valence-electron chi connectivity index (χ1n) is 16.9. The molecule has 0 aliphatic carbocycles. The van der Waals surface area contributed by atoms with Crippen LogP contribution in [-0.2, 0) is 0 Å². The molecule has 0 fully saturated rings. The van der Waals surface area contributed by atoms with E-state index in [4.69, 9.17) is 4.74 Å². The lowest BCUT2D eigenvalue weighted by Gasteiger charge is -2.07. The molecular formula is C38H58O2S. The molecule has 0 spiro atoms. The molecule has 0 atom stereocenters. The van der Waals surface area contributed by atoms with Gasteiger partial charge in [-0.15, -0.1) is 11.8 Å². The summed E-state index contributed by atoms with van der Waals surface area (Å²) in [5.41, 5.74) is 1.72. The topological polar surface area (TPSA) is 26.3 Å². The average molecular weight is 579 g/mol. The average Bonchev–Trinajstić information content (AvgIpc) is 3.00. The van der Waals surface area contributed by atoms with Gasteiger partial charge in [0, 0.05) is 10.5 Å². The van der Waals surface area contributed by atoms with E-state index in [1.807, 2.05) is 66.4 Å². The fraction of sp³-hybridized carbons (Fsp3) is 0.605. The van der Waals surface area contributed by atoms with E-state index in [9.17, 15) is 4.79 Å². The molecule has 41 heavy (non-hydrogen) atoms. The van der Waals surface area contributed by atoms with Gasteiger partial charge >= 0.3 is 0 Å². The number of rotatable bonds is 26. The number of benzene rings is 2. The summed E-state index contributed by atoms with van der Waals surface area (Å²) in [4.78, 5) is 13.8. The summed E-state index contributed by atoms with van der Waals surface area (Å²) in [6.07, 6.45) is 29.7.